The van der Waals surface area contributed by atoms with E-state index in [1.54, 1.807) is 11.1 Å². The molecular weight excluding hydrogens is 440 g/mol. The van der Waals surface area contributed by atoms with Gasteiger partial charge in [0.25, 0.3) is 0 Å². The van der Waals surface area contributed by atoms with Crippen molar-refractivity contribution in [3.05, 3.63) is 77.4 Å². The minimum atomic E-state index is 0.476. The zero-order chi connectivity index (χ0) is 24.8. The molecule has 0 N–H and O–H groups in total. The molecule has 0 aromatic heterocycles. The Morgan fingerprint density at radius 3 is 2.43 bits per heavy atom. The van der Waals surface area contributed by atoms with Crippen LogP contribution in [0.1, 0.15) is 113 Å². The molecule has 3 unspecified atom stereocenters. The van der Waals surface area contributed by atoms with Crippen LogP contribution in [0.4, 0.5) is 0 Å². The van der Waals surface area contributed by atoms with Gasteiger partial charge in [-0.1, -0.05) is 102 Å². The summed E-state index contributed by atoms with van der Waals surface area (Å²) in [6.45, 7) is 14.0. The smallest absolute Gasteiger partial charge is 0.0305 e. The summed E-state index contributed by atoms with van der Waals surface area (Å²) in [5, 5.41) is 0.673. The van der Waals surface area contributed by atoms with Gasteiger partial charge in [-0.05, 0) is 96.9 Å². The SMILES string of the molecule is C=C(c1ccc(CC(C)CC)c(CC)c1)C1CCC2(CC1)CC(CCC)CC(c1ccccc1)S2. The molecule has 1 heterocycles. The lowest BCUT2D eigenvalue weighted by molar-refractivity contribution is 0.262. The topological polar surface area (TPSA) is 0 Å². The van der Waals surface area contributed by atoms with Crippen LogP contribution in [0, 0.1) is 17.8 Å². The van der Waals surface area contributed by atoms with Crippen molar-refractivity contribution in [1.29, 1.82) is 0 Å². The van der Waals surface area contributed by atoms with E-state index < -0.39 is 0 Å². The van der Waals surface area contributed by atoms with Crippen molar-refractivity contribution in [3.8, 4) is 0 Å². The molecule has 1 aliphatic heterocycles. The molecule has 0 radical (unpaired) electrons. The van der Waals surface area contributed by atoms with Crippen molar-refractivity contribution in [1.82, 2.24) is 0 Å². The average molecular weight is 489 g/mol. The summed E-state index contributed by atoms with van der Waals surface area (Å²) < 4.78 is 0.476. The Balaban J connectivity index is 1.44. The molecule has 0 bridgehead atoms. The summed E-state index contributed by atoms with van der Waals surface area (Å²) in [7, 11) is 0. The van der Waals surface area contributed by atoms with Gasteiger partial charge in [0.1, 0.15) is 0 Å². The molecule has 1 spiro atoms. The first-order chi connectivity index (χ1) is 17.0. The number of thioether (sulfide) groups is 1. The molecular formula is C34H48S. The fraction of sp³-hybridized carbons (Fsp3) is 0.588. The molecule has 1 saturated heterocycles. The predicted molar refractivity (Wildman–Crippen MR) is 157 cm³/mol. The molecule has 1 heteroatoms. The Kier molecular flexibility index (Phi) is 9.25. The Morgan fingerprint density at radius 2 is 1.77 bits per heavy atom. The van der Waals surface area contributed by atoms with Crippen LogP contribution in [0.3, 0.4) is 0 Å². The number of aryl methyl sites for hydroxylation is 1. The van der Waals surface area contributed by atoms with Gasteiger partial charge in [0.2, 0.25) is 0 Å². The summed E-state index contributed by atoms with van der Waals surface area (Å²) in [5.41, 5.74) is 7.43. The van der Waals surface area contributed by atoms with E-state index in [0.717, 1.165) is 18.3 Å². The average Bonchev–Trinajstić information content (AvgIpc) is 2.89. The molecule has 2 aromatic carbocycles. The van der Waals surface area contributed by atoms with Crippen LogP contribution < -0.4 is 0 Å². The Hall–Kier alpha value is -1.47. The summed E-state index contributed by atoms with van der Waals surface area (Å²) >= 11 is 2.33. The van der Waals surface area contributed by atoms with E-state index >= 15 is 0 Å². The summed E-state index contributed by atoms with van der Waals surface area (Å²) in [4.78, 5) is 0. The quantitative estimate of drug-likeness (QED) is 0.338. The highest BCUT2D eigenvalue weighted by molar-refractivity contribution is 8.00. The van der Waals surface area contributed by atoms with E-state index in [2.05, 4.69) is 94.6 Å². The maximum absolute atomic E-state index is 4.66. The number of benzene rings is 2. The van der Waals surface area contributed by atoms with E-state index in [1.165, 1.54) is 80.9 Å². The Bertz CT molecular complexity index is 950. The van der Waals surface area contributed by atoms with Gasteiger partial charge in [-0.25, -0.2) is 0 Å². The molecule has 1 aliphatic carbocycles. The van der Waals surface area contributed by atoms with Gasteiger partial charge in [-0.15, -0.1) is 11.8 Å². The van der Waals surface area contributed by atoms with Gasteiger partial charge < -0.3 is 0 Å². The first-order valence-corrected chi connectivity index (χ1v) is 15.4. The normalized spacial score (nSPS) is 27.6. The van der Waals surface area contributed by atoms with Crippen LogP contribution in [0.2, 0.25) is 0 Å². The van der Waals surface area contributed by atoms with Crippen molar-refractivity contribution in [2.45, 2.75) is 108 Å². The van der Waals surface area contributed by atoms with E-state index in [-0.39, 0.29) is 0 Å². The molecule has 190 valence electrons. The van der Waals surface area contributed by atoms with E-state index in [1.807, 2.05) is 0 Å². The number of hydrogen-bond donors (Lipinski definition) is 0. The Morgan fingerprint density at radius 1 is 1.03 bits per heavy atom. The fourth-order valence-electron chi connectivity index (χ4n) is 6.73. The lowest BCUT2D eigenvalue weighted by Gasteiger charge is -2.48. The largest absolute Gasteiger partial charge is 0.147 e. The van der Waals surface area contributed by atoms with E-state index in [4.69, 9.17) is 0 Å². The molecule has 2 aromatic rings. The zero-order valence-electron chi connectivity index (χ0n) is 22.8. The van der Waals surface area contributed by atoms with Gasteiger partial charge in [0.05, 0.1) is 0 Å². The molecule has 2 aliphatic rings. The maximum Gasteiger partial charge on any atom is 0.0305 e. The van der Waals surface area contributed by atoms with Crippen molar-refractivity contribution >= 4 is 17.3 Å². The zero-order valence-corrected chi connectivity index (χ0v) is 23.6. The van der Waals surface area contributed by atoms with E-state index in [9.17, 15) is 0 Å². The van der Waals surface area contributed by atoms with Crippen LogP contribution >= 0.6 is 11.8 Å². The molecule has 0 amide bonds. The Labute approximate surface area is 220 Å². The lowest BCUT2D eigenvalue weighted by Crippen LogP contribution is -2.37. The second kappa shape index (κ2) is 12.2. The number of hydrogen-bond acceptors (Lipinski definition) is 1. The first kappa shape index (κ1) is 26.6. The van der Waals surface area contributed by atoms with Crippen molar-refractivity contribution in [3.63, 3.8) is 0 Å². The van der Waals surface area contributed by atoms with Crippen LogP contribution in [0.15, 0.2) is 55.1 Å². The van der Waals surface area contributed by atoms with Gasteiger partial charge in [0.15, 0.2) is 0 Å². The highest BCUT2D eigenvalue weighted by atomic mass is 32.2. The minimum Gasteiger partial charge on any atom is -0.147 e. The number of rotatable bonds is 9. The standard InChI is InChI=1S/C34H48S/c1-6-12-27-22-33(30-13-10-9-11-14-30)35-34(24-27)19-17-29(18-20-34)26(5)31-15-16-32(21-25(4)7-2)28(8-3)23-31/h9-11,13-16,23,25,27,29,33H,5-8,12,17-22,24H2,1-4H3. The summed E-state index contributed by atoms with van der Waals surface area (Å²) in [6, 6.07) is 18.6. The van der Waals surface area contributed by atoms with Crippen LogP contribution in [0.5, 0.6) is 0 Å². The highest BCUT2D eigenvalue weighted by Gasteiger charge is 2.44. The van der Waals surface area contributed by atoms with Crippen LogP contribution in [-0.4, -0.2) is 4.75 Å². The third-order valence-corrected chi connectivity index (χ3v) is 10.9. The molecule has 1 saturated carbocycles. The van der Waals surface area contributed by atoms with Crippen molar-refractivity contribution in [2.75, 3.05) is 0 Å². The summed E-state index contributed by atoms with van der Waals surface area (Å²) in [5.74, 6) is 2.29. The lowest BCUT2D eigenvalue weighted by atomic mass is 9.72. The highest BCUT2D eigenvalue weighted by Crippen LogP contribution is 2.58. The number of allylic oxidation sites excluding steroid dienone is 1. The van der Waals surface area contributed by atoms with Crippen molar-refractivity contribution < 1.29 is 0 Å². The third kappa shape index (κ3) is 6.46. The summed E-state index contributed by atoms with van der Waals surface area (Å²) in [6.07, 6.45) is 14.4. The van der Waals surface area contributed by atoms with Gasteiger partial charge in [-0.3, -0.25) is 0 Å². The second-order valence-corrected chi connectivity index (χ2v) is 13.3. The molecule has 3 atom stereocenters. The fourth-order valence-corrected chi connectivity index (χ4v) is 8.80. The third-order valence-electron chi connectivity index (χ3n) is 9.08. The van der Waals surface area contributed by atoms with Crippen LogP contribution in [0.25, 0.3) is 5.57 Å². The second-order valence-electron chi connectivity index (χ2n) is 11.6. The predicted octanol–water partition coefficient (Wildman–Crippen LogP) is 10.5. The monoisotopic (exact) mass is 488 g/mol. The minimum absolute atomic E-state index is 0.476. The molecule has 0 nitrogen and oxygen atoms in total. The van der Waals surface area contributed by atoms with Crippen molar-refractivity contribution in [2.24, 2.45) is 17.8 Å². The van der Waals surface area contributed by atoms with Gasteiger partial charge in [-0.2, -0.15) is 0 Å². The first-order valence-electron chi connectivity index (χ1n) is 14.5. The molecule has 4 rings (SSSR count). The molecule has 2 fully saturated rings. The maximum atomic E-state index is 4.66. The van der Waals surface area contributed by atoms with Gasteiger partial charge in [0, 0.05) is 10.00 Å². The molecule has 35 heavy (non-hydrogen) atoms. The van der Waals surface area contributed by atoms with Gasteiger partial charge >= 0.3 is 0 Å². The van der Waals surface area contributed by atoms with Crippen LogP contribution in [-0.2, 0) is 12.8 Å². The van der Waals surface area contributed by atoms with E-state index in [0.29, 0.717) is 15.9 Å².